The third-order valence-corrected chi connectivity index (χ3v) is 5.40. The Morgan fingerprint density at radius 3 is 2.77 bits per heavy atom. The Morgan fingerprint density at radius 2 is 2.00 bits per heavy atom. The van der Waals surface area contributed by atoms with Gasteiger partial charge in [-0.1, -0.05) is 30.3 Å². The second-order valence-corrected chi connectivity index (χ2v) is 7.03. The van der Waals surface area contributed by atoms with Crippen LogP contribution in [0, 0.1) is 5.92 Å². The molecule has 26 heavy (non-hydrogen) atoms. The normalized spacial score (nSPS) is 26.0. The van der Waals surface area contributed by atoms with Gasteiger partial charge in [-0.05, 0) is 30.4 Å². The maximum atomic E-state index is 12.7. The van der Waals surface area contributed by atoms with E-state index in [-0.39, 0.29) is 17.5 Å². The van der Waals surface area contributed by atoms with Crippen molar-refractivity contribution in [3.05, 3.63) is 64.1 Å². The van der Waals surface area contributed by atoms with Crippen molar-refractivity contribution in [3.8, 4) is 0 Å². The van der Waals surface area contributed by atoms with Gasteiger partial charge in [-0.25, -0.2) is 5.10 Å². The summed E-state index contributed by atoms with van der Waals surface area (Å²) in [5.74, 6) is 0.645. The number of carbonyl (C=O) groups excluding carboxylic acids is 1. The second-order valence-electron chi connectivity index (χ2n) is 7.03. The van der Waals surface area contributed by atoms with E-state index in [1.807, 2.05) is 11.0 Å². The molecule has 1 aromatic heterocycles. The predicted octanol–water partition coefficient (Wildman–Crippen LogP) is 0.882. The first kappa shape index (κ1) is 16.9. The molecule has 136 valence electrons. The molecule has 0 spiro atoms. The minimum atomic E-state index is -0.301. The lowest BCUT2D eigenvalue weighted by molar-refractivity contribution is 0.0637. The third kappa shape index (κ3) is 3.40. The summed E-state index contributed by atoms with van der Waals surface area (Å²) in [7, 11) is 0. The highest BCUT2D eigenvalue weighted by Crippen LogP contribution is 2.31. The van der Waals surface area contributed by atoms with Crippen LogP contribution in [0.4, 0.5) is 0 Å². The summed E-state index contributed by atoms with van der Waals surface area (Å²) >= 11 is 0. The van der Waals surface area contributed by atoms with E-state index >= 15 is 0 Å². The highest BCUT2D eigenvalue weighted by molar-refractivity contribution is 5.92. The zero-order valence-electron chi connectivity index (χ0n) is 14.5. The first-order chi connectivity index (χ1) is 12.7. The fourth-order valence-corrected chi connectivity index (χ4v) is 4.10. The standard InChI is InChI=1S/C19H23N5O2/c25-17-9-8-16(21-22-17)19(26)24-10-4-7-14(12-24)18-15(11-20-23-18)13-5-2-1-3-6-13/h1-3,5-6,8-9,14-15,18,20,23H,4,7,10-12H2,(H,22,25). The number of benzene rings is 1. The van der Waals surface area contributed by atoms with Gasteiger partial charge in [0.05, 0.1) is 0 Å². The number of hydrogen-bond acceptors (Lipinski definition) is 5. The van der Waals surface area contributed by atoms with E-state index in [4.69, 9.17) is 0 Å². The highest BCUT2D eigenvalue weighted by Gasteiger charge is 2.37. The first-order valence-corrected chi connectivity index (χ1v) is 9.11. The number of amides is 1. The molecular formula is C19H23N5O2. The van der Waals surface area contributed by atoms with Crippen molar-refractivity contribution in [3.63, 3.8) is 0 Å². The summed E-state index contributed by atoms with van der Waals surface area (Å²) in [6, 6.07) is 13.6. The second kappa shape index (κ2) is 7.39. The molecule has 4 rings (SSSR count). The summed E-state index contributed by atoms with van der Waals surface area (Å²) in [6.07, 6.45) is 2.06. The van der Waals surface area contributed by atoms with Gasteiger partial charge in [-0.2, -0.15) is 5.10 Å². The Hall–Kier alpha value is -2.51. The van der Waals surface area contributed by atoms with Gasteiger partial charge in [-0.15, -0.1) is 0 Å². The predicted molar refractivity (Wildman–Crippen MR) is 97.6 cm³/mol. The SMILES string of the molecule is O=C(c1ccc(=O)[nH]n1)N1CCCC(C2NNCC2c2ccccc2)C1. The smallest absolute Gasteiger partial charge is 0.274 e. The zero-order valence-corrected chi connectivity index (χ0v) is 14.5. The van der Waals surface area contributed by atoms with Crippen LogP contribution in [-0.2, 0) is 0 Å². The fourth-order valence-electron chi connectivity index (χ4n) is 4.10. The number of hydrogen-bond donors (Lipinski definition) is 3. The van der Waals surface area contributed by atoms with Gasteiger partial charge in [0.25, 0.3) is 11.5 Å². The van der Waals surface area contributed by atoms with Gasteiger partial charge >= 0.3 is 0 Å². The summed E-state index contributed by atoms with van der Waals surface area (Å²) in [4.78, 5) is 25.7. The molecular weight excluding hydrogens is 330 g/mol. The number of piperidine rings is 1. The lowest BCUT2D eigenvalue weighted by atomic mass is 9.81. The number of nitrogens with one attached hydrogen (secondary N) is 3. The Labute approximate surface area is 151 Å². The Balaban J connectivity index is 1.48. The molecule has 2 aromatic rings. The van der Waals surface area contributed by atoms with Crippen LogP contribution in [0.3, 0.4) is 0 Å². The Bertz CT molecular complexity index is 802. The van der Waals surface area contributed by atoms with Crippen LogP contribution in [0.2, 0.25) is 0 Å². The maximum Gasteiger partial charge on any atom is 0.274 e. The number of aromatic amines is 1. The van der Waals surface area contributed by atoms with Crippen molar-refractivity contribution in [2.24, 2.45) is 5.92 Å². The summed E-state index contributed by atoms with van der Waals surface area (Å²) < 4.78 is 0. The van der Waals surface area contributed by atoms with E-state index in [2.05, 4.69) is 45.3 Å². The lowest BCUT2D eigenvalue weighted by Gasteiger charge is -2.37. The summed E-state index contributed by atoms with van der Waals surface area (Å²) in [5, 5.41) is 6.22. The number of likely N-dealkylation sites (tertiary alicyclic amines) is 1. The van der Waals surface area contributed by atoms with Crippen molar-refractivity contribution >= 4 is 5.91 Å². The van der Waals surface area contributed by atoms with Crippen molar-refractivity contribution < 1.29 is 4.79 Å². The van der Waals surface area contributed by atoms with E-state index in [1.165, 1.54) is 17.7 Å². The number of H-pyrrole nitrogens is 1. The number of hydrazine groups is 1. The van der Waals surface area contributed by atoms with E-state index in [9.17, 15) is 9.59 Å². The van der Waals surface area contributed by atoms with E-state index < -0.39 is 0 Å². The van der Waals surface area contributed by atoms with Crippen LogP contribution < -0.4 is 16.4 Å². The summed E-state index contributed by atoms with van der Waals surface area (Å²) in [5.41, 5.74) is 8.04. The van der Waals surface area contributed by atoms with Crippen molar-refractivity contribution in [1.29, 1.82) is 0 Å². The number of rotatable bonds is 3. The van der Waals surface area contributed by atoms with Gasteiger partial charge in [0.15, 0.2) is 0 Å². The molecule has 3 heterocycles. The molecule has 0 bridgehead atoms. The van der Waals surface area contributed by atoms with E-state index in [0.29, 0.717) is 24.1 Å². The van der Waals surface area contributed by atoms with Crippen LogP contribution in [0.5, 0.6) is 0 Å². The largest absolute Gasteiger partial charge is 0.337 e. The van der Waals surface area contributed by atoms with E-state index in [0.717, 1.165) is 25.9 Å². The maximum absolute atomic E-state index is 12.7. The Morgan fingerprint density at radius 1 is 1.15 bits per heavy atom. The molecule has 2 fully saturated rings. The van der Waals surface area contributed by atoms with Crippen LogP contribution in [0.25, 0.3) is 0 Å². The van der Waals surface area contributed by atoms with Gasteiger partial charge in [0, 0.05) is 37.7 Å². The number of carbonyl (C=O) groups is 1. The van der Waals surface area contributed by atoms with E-state index in [1.54, 1.807) is 0 Å². The first-order valence-electron chi connectivity index (χ1n) is 9.11. The van der Waals surface area contributed by atoms with Gasteiger partial charge < -0.3 is 4.90 Å². The van der Waals surface area contributed by atoms with Gasteiger partial charge in [0.2, 0.25) is 0 Å². The monoisotopic (exact) mass is 353 g/mol. The molecule has 1 amide bonds. The molecule has 3 atom stereocenters. The van der Waals surface area contributed by atoms with Crippen molar-refractivity contribution in [2.75, 3.05) is 19.6 Å². The molecule has 7 nitrogen and oxygen atoms in total. The average molecular weight is 353 g/mol. The lowest BCUT2D eigenvalue weighted by Crippen LogP contribution is -2.48. The number of nitrogens with zero attached hydrogens (tertiary/aromatic N) is 2. The molecule has 0 saturated carbocycles. The minimum Gasteiger partial charge on any atom is -0.337 e. The molecule has 2 aliphatic heterocycles. The summed E-state index contributed by atoms with van der Waals surface area (Å²) in [6.45, 7) is 2.31. The van der Waals surface area contributed by atoms with Gasteiger partial charge in [0.1, 0.15) is 5.69 Å². The Kier molecular flexibility index (Phi) is 4.81. The quantitative estimate of drug-likeness (QED) is 0.762. The van der Waals surface area contributed by atoms with Crippen molar-refractivity contribution in [2.45, 2.75) is 24.8 Å². The number of aromatic nitrogens is 2. The van der Waals surface area contributed by atoms with Crippen LogP contribution in [-0.4, -0.2) is 46.7 Å². The van der Waals surface area contributed by atoms with Crippen LogP contribution in [0.1, 0.15) is 34.8 Å². The molecule has 3 unspecified atom stereocenters. The molecule has 3 N–H and O–H groups in total. The molecule has 0 aliphatic carbocycles. The van der Waals surface area contributed by atoms with Gasteiger partial charge in [-0.3, -0.25) is 20.4 Å². The molecule has 2 saturated heterocycles. The molecule has 1 aromatic carbocycles. The van der Waals surface area contributed by atoms with Crippen LogP contribution in [0.15, 0.2) is 47.3 Å². The highest BCUT2D eigenvalue weighted by atomic mass is 16.2. The fraction of sp³-hybridized carbons (Fsp3) is 0.421. The minimum absolute atomic E-state index is 0.117. The molecule has 7 heteroatoms. The van der Waals surface area contributed by atoms with Crippen molar-refractivity contribution in [1.82, 2.24) is 25.9 Å². The molecule has 0 radical (unpaired) electrons. The topological polar surface area (TPSA) is 90.1 Å². The zero-order chi connectivity index (χ0) is 17.9. The third-order valence-electron chi connectivity index (χ3n) is 5.40. The average Bonchev–Trinajstić information content (AvgIpc) is 3.19. The van der Waals surface area contributed by atoms with Crippen LogP contribution >= 0.6 is 0 Å². The molecule has 2 aliphatic rings.